The van der Waals surface area contributed by atoms with E-state index in [0.717, 1.165) is 20.7 Å². The third-order valence-corrected chi connectivity index (χ3v) is 4.50. The second-order valence-corrected chi connectivity index (χ2v) is 6.06. The fourth-order valence-corrected chi connectivity index (χ4v) is 3.07. The van der Waals surface area contributed by atoms with Gasteiger partial charge in [0.2, 0.25) is 0 Å². The Hall–Kier alpha value is -0.710. The van der Waals surface area contributed by atoms with Gasteiger partial charge in [0, 0.05) is 14.8 Å². The van der Waals surface area contributed by atoms with Crippen LogP contribution in [0, 0.1) is 6.92 Å². The number of aryl methyl sites for hydroxylation is 1. The summed E-state index contributed by atoms with van der Waals surface area (Å²) in [4.78, 5) is 6.57. The third-order valence-electron chi connectivity index (χ3n) is 2.05. The molecule has 0 saturated carbocycles. The standard InChI is InChI=1S/C11H11ClN2S2/c1-7-11(13)14-10(16-7)6-15-9-4-2-8(12)3-5-9/h2-5H,6,13H2,1H3. The molecule has 84 valence electrons. The van der Waals surface area contributed by atoms with Gasteiger partial charge in [0.25, 0.3) is 0 Å². The van der Waals surface area contributed by atoms with Gasteiger partial charge in [-0.05, 0) is 31.2 Å². The van der Waals surface area contributed by atoms with Crippen molar-refractivity contribution in [3.63, 3.8) is 0 Å². The van der Waals surface area contributed by atoms with Crippen LogP contribution in [0.2, 0.25) is 5.02 Å². The maximum absolute atomic E-state index is 5.82. The summed E-state index contributed by atoms with van der Waals surface area (Å²) in [5, 5.41) is 1.83. The average Bonchev–Trinajstić information content (AvgIpc) is 2.58. The van der Waals surface area contributed by atoms with E-state index in [9.17, 15) is 0 Å². The van der Waals surface area contributed by atoms with Crippen LogP contribution in [0.5, 0.6) is 0 Å². The van der Waals surface area contributed by atoms with Gasteiger partial charge in [-0.25, -0.2) is 4.98 Å². The lowest BCUT2D eigenvalue weighted by molar-refractivity contribution is 1.26. The number of aromatic nitrogens is 1. The summed E-state index contributed by atoms with van der Waals surface area (Å²) in [7, 11) is 0. The normalized spacial score (nSPS) is 10.6. The van der Waals surface area contributed by atoms with E-state index in [-0.39, 0.29) is 0 Å². The molecule has 0 fully saturated rings. The van der Waals surface area contributed by atoms with Crippen LogP contribution in [0.3, 0.4) is 0 Å². The van der Waals surface area contributed by atoms with Crippen molar-refractivity contribution in [1.82, 2.24) is 4.98 Å². The molecule has 0 spiro atoms. The molecular weight excluding hydrogens is 260 g/mol. The lowest BCUT2D eigenvalue weighted by Gasteiger charge is -1.98. The highest BCUT2D eigenvalue weighted by atomic mass is 35.5. The molecule has 1 heterocycles. The van der Waals surface area contributed by atoms with E-state index < -0.39 is 0 Å². The monoisotopic (exact) mass is 270 g/mol. The molecule has 0 saturated heterocycles. The van der Waals surface area contributed by atoms with Crippen LogP contribution < -0.4 is 5.73 Å². The van der Waals surface area contributed by atoms with E-state index in [0.29, 0.717) is 5.82 Å². The molecule has 16 heavy (non-hydrogen) atoms. The van der Waals surface area contributed by atoms with Gasteiger partial charge in [-0.1, -0.05) is 11.6 Å². The highest BCUT2D eigenvalue weighted by Gasteiger charge is 2.04. The number of hydrogen-bond donors (Lipinski definition) is 1. The molecule has 0 aliphatic rings. The van der Waals surface area contributed by atoms with Crippen LogP contribution >= 0.6 is 34.7 Å². The Morgan fingerprint density at radius 2 is 2.06 bits per heavy atom. The highest BCUT2D eigenvalue weighted by molar-refractivity contribution is 7.98. The predicted molar refractivity (Wildman–Crippen MR) is 72.3 cm³/mol. The van der Waals surface area contributed by atoms with Gasteiger partial charge in [0.1, 0.15) is 10.8 Å². The van der Waals surface area contributed by atoms with Gasteiger partial charge in [-0.3, -0.25) is 0 Å². The second kappa shape index (κ2) is 5.08. The summed E-state index contributed by atoms with van der Waals surface area (Å²) in [6, 6.07) is 7.81. The van der Waals surface area contributed by atoms with Crippen LogP contribution in [-0.4, -0.2) is 4.98 Å². The number of nitrogen functional groups attached to an aromatic ring is 1. The molecule has 0 radical (unpaired) electrons. The van der Waals surface area contributed by atoms with E-state index in [1.807, 2.05) is 31.2 Å². The minimum atomic E-state index is 0.650. The number of hydrogen-bond acceptors (Lipinski definition) is 4. The molecule has 1 aromatic carbocycles. The van der Waals surface area contributed by atoms with Gasteiger partial charge in [-0.15, -0.1) is 23.1 Å². The van der Waals surface area contributed by atoms with Gasteiger partial charge in [0.15, 0.2) is 0 Å². The summed E-state index contributed by atoms with van der Waals surface area (Å²) in [5.74, 6) is 1.50. The minimum Gasteiger partial charge on any atom is -0.383 e. The molecule has 5 heteroatoms. The Kier molecular flexibility index (Phi) is 3.74. The molecule has 0 aliphatic heterocycles. The lowest BCUT2D eigenvalue weighted by Crippen LogP contribution is -1.86. The molecule has 0 unspecified atom stereocenters. The topological polar surface area (TPSA) is 38.9 Å². The van der Waals surface area contributed by atoms with Crippen molar-refractivity contribution >= 4 is 40.5 Å². The Labute approximate surface area is 108 Å². The second-order valence-electron chi connectivity index (χ2n) is 3.29. The summed E-state index contributed by atoms with van der Waals surface area (Å²) >= 11 is 9.21. The van der Waals surface area contributed by atoms with Crippen LogP contribution in [0.25, 0.3) is 0 Å². The number of nitrogens with two attached hydrogens (primary N) is 1. The largest absolute Gasteiger partial charge is 0.383 e. The minimum absolute atomic E-state index is 0.650. The number of thioether (sulfide) groups is 1. The number of benzene rings is 1. The zero-order valence-electron chi connectivity index (χ0n) is 8.74. The number of anilines is 1. The SMILES string of the molecule is Cc1sc(CSc2ccc(Cl)cc2)nc1N. The van der Waals surface area contributed by atoms with Crippen LogP contribution in [-0.2, 0) is 5.75 Å². The quantitative estimate of drug-likeness (QED) is 0.858. The van der Waals surface area contributed by atoms with E-state index in [2.05, 4.69) is 4.98 Å². The van der Waals surface area contributed by atoms with Gasteiger partial charge in [0.05, 0.1) is 5.75 Å². The fourth-order valence-electron chi connectivity index (χ4n) is 1.20. The summed E-state index contributed by atoms with van der Waals surface area (Å²) < 4.78 is 0. The van der Waals surface area contributed by atoms with Crippen molar-refractivity contribution in [3.05, 3.63) is 39.2 Å². The summed E-state index contributed by atoms with van der Waals surface area (Å²) in [6.07, 6.45) is 0. The summed E-state index contributed by atoms with van der Waals surface area (Å²) in [6.45, 7) is 1.99. The predicted octanol–water partition coefficient (Wildman–Crippen LogP) is 3.98. The van der Waals surface area contributed by atoms with Crippen LogP contribution in [0.4, 0.5) is 5.82 Å². The van der Waals surface area contributed by atoms with Crippen molar-refractivity contribution in [2.75, 3.05) is 5.73 Å². The van der Waals surface area contributed by atoms with E-state index >= 15 is 0 Å². The first-order valence-corrected chi connectivity index (χ1v) is 6.93. The molecule has 0 atom stereocenters. The zero-order valence-corrected chi connectivity index (χ0v) is 11.1. The first-order chi connectivity index (χ1) is 7.65. The Morgan fingerprint density at radius 1 is 1.38 bits per heavy atom. The molecule has 2 N–H and O–H groups in total. The van der Waals surface area contributed by atoms with E-state index in [1.165, 1.54) is 4.90 Å². The summed E-state index contributed by atoms with van der Waals surface area (Å²) in [5.41, 5.74) is 5.70. The van der Waals surface area contributed by atoms with Crippen molar-refractivity contribution in [1.29, 1.82) is 0 Å². The Bertz CT molecular complexity index is 460. The third kappa shape index (κ3) is 2.90. The van der Waals surface area contributed by atoms with E-state index in [4.69, 9.17) is 17.3 Å². The van der Waals surface area contributed by atoms with Crippen molar-refractivity contribution < 1.29 is 0 Å². The Morgan fingerprint density at radius 3 is 2.62 bits per heavy atom. The molecule has 0 amide bonds. The number of thiazole rings is 1. The fraction of sp³-hybridized carbons (Fsp3) is 0.182. The van der Waals surface area contributed by atoms with Crippen LogP contribution in [0.1, 0.15) is 9.88 Å². The van der Waals surface area contributed by atoms with Crippen molar-refractivity contribution in [2.24, 2.45) is 0 Å². The van der Waals surface area contributed by atoms with Crippen LogP contribution in [0.15, 0.2) is 29.2 Å². The first kappa shape index (κ1) is 11.8. The van der Waals surface area contributed by atoms with Crippen molar-refractivity contribution in [3.8, 4) is 0 Å². The molecule has 0 aliphatic carbocycles. The molecule has 2 aromatic rings. The molecule has 1 aromatic heterocycles. The maximum atomic E-state index is 5.82. The maximum Gasteiger partial charge on any atom is 0.137 e. The zero-order chi connectivity index (χ0) is 11.5. The van der Waals surface area contributed by atoms with Crippen molar-refractivity contribution in [2.45, 2.75) is 17.6 Å². The molecule has 0 bridgehead atoms. The molecule has 2 nitrogen and oxygen atoms in total. The molecule has 2 rings (SSSR count). The highest BCUT2D eigenvalue weighted by Crippen LogP contribution is 2.28. The lowest BCUT2D eigenvalue weighted by atomic mass is 10.4. The first-order valence-electron chi connectivity index (χ1n) is 4.75. The van der Waals surface area contributed by atoms with Gasteiger partial charge < -0.3 is 5.73 Å². The smallest absolute Gasteiger partial charge is 0.137 e. The molecular formula is C11H11ClN2S2. The number of halogens is 1. The average molecular weight is 271 g/mol. The Balaban J connectivity index is 1.99. The number of nitrogens with zero attached hydrogens (tertiary/aromatic N) is 1. The van der Waals surface area contributed by atoms with Gasteiger partial charge >= 0.3 is 0 Å². The number of rotatable bonds is 3. The van der Waals surface area contributed by atoms with E-state index in [1.54, 1.807) is 23.1 Å². The van der Waals surface area contributed by atoms with Gasteiger partial charge in [-0.2, -0.15) is 0 Å².